The van der Waals surface area contributed by atoms with Gasteiger partial charge in [0.1, 0.15) is 17.3 Å². The van der Waals surface area contributed by atoms with E-state index in [0.717, 1.165) is 0 Å². The average Bonchev–Trinajstić information content (AvgIpc) is 2.47. The van der Waals surface area contributed by atoms with Gasteiger partial charge in [0.15, 0.2) is 5.78 Å². The molecule has 4 nitrogen and oxygen atoms in total. The second-order valence-corrected chi connectivity index (χ2v) is 7.50. The second-order valence-electron chi connectivity index (χ2n) is 4.71. The number of ketones is 1. The van der Waals surface area contributed by atoms with Gasteiger partial charge in [-0.1, -0.05) is 36.4 Å². The normalized spacial score (nSPS) is 11.7. The molecule has 0 aliphatic rings. The van der Waals surface area contributed by atoms with E-state index in [9.17, 15) is 4.79 Å². The van der Waals surface area contributed by atoms with Crippen molar-refractivity contribution in [3.05, 3.63) is 72.5 Å². The van der Waals surface area contributed by atoms with Gasteiger partial charge in [-0.3, -0.25) is 4.79 Å². The third-order valence-electron chi connectivity index (χ3n) is 2.58. The summed E-state index contributed by atoms with van der Waals surface area (Å²) in [5.41, 5.74) is 0. The highest BCUT2D eigenvalue weighted by atomic mass is 32.5. The van der Waals surface area contributed by atoms with Crippen LogP contribution in [0.5, 0.6) is 11.5 Å². The number of rotatable bonds is 7. The van der Waals surface area contributed by atoms with Crippen LogP contribution in [0.15, 0.2) is 72.5 Å². The van der Waals surface area contributed by atoms with Crippen LogP contribution in [0.3, 0.4) is 0 Å². The zero-order valence-electron chi connectivity index (χ0n) is 12.8. The molecule has 0 aliphatic carbocycles. The van der Waals surface area contributed by atoms with Crippen molar-refractivity contribution in [2.45, 2.75) is 13.8 Å². The molecule has 0 spiro atoms. The van der Waals surface area contributed by atoms with Crippen LogP contribution >= 0.6 is 6.72 Å². The maximum absolute atomic E-state index is 11.2. The summed E-state index contributed by atoms with van der Waals surface area (Å²) in [4.78, 5) is 11.2. The third kappa shape index (κ3) is 5.89. The molecule has 0 saturated heterocycles. The van der Waals surface area contributed by atoms with Crippen molar-refractivity contribution >= 4 is 24.3 Å². The molecule has 0 atom stereocenters. The minimum atomic E-state index is -3.16. The average molecular weight is 348 g/mol. The van der Waals surface area contributed by atoms with E-state index in [1.54, 1.807) is 31.2 Å². The predicted molar refractivity (Wildman–Crippen MR) is 93.9 cm³/mol. The Bertz CT molecular complexity index is 683. The molecule has 0 fully saturated rings. The highest BCUT2D eigenvalue weighted by Crippen LogP contribution is 2.51. The number of allylic oxidation sites excluding steroid dienone is 2. The molecule has 0 aliphatic heterocycles. The molecule has 0 heterocycles. The molecule has 0 unspecified atom stereocenters. The van der Waals surface area contributed by atoms with Crippen molar-refractivity contribution in [1.82, 2.24) is 0 Å². The number of para-hydroxylation sites is 2. The number of carbonyl (C=O) groups excluding carboxylic acids is 1. The van der Waals surface area contributed by atoms with Crippen LogP contribution < -0.4 is 9.05 Å². The van der Waals surface area contributed by atoms with E-state index >= 15 is 0 Å². The highest BCUT2D eigenvalue weighted by Gasteiger charge is 2.26. The lowest BCUT2D eigenvalue weighted by molar-refractivity contribution is -0.112. The topological polar surface area (TPSA) is 44.8 Å². The summed E-state index contributed by atoms with van der Waals surface area (Å²) in [6.45, 7) is -0.0817. The minimum absolute atomic E-state index is 0.136. The fourth-order valence-corrected chi connectivity index (χ4v) is 3.91. The standard InChI is InChI=1S/C17H17O4PS/c1-14(18)13-15(2)19-22(23,20-16-9-5-3-6-10-16)21-17-11-7-4-8-12-17/h3-13H,1-2H3/b15-13-. The summed E-state index contributed by atoms with van der Waals surface area (Å²) in [7, 11) is 0. The zero-order chi connectivity index (χ0) is 16.7. The van der Waals surface area contributed by atoms with Gasteiger partial charge in [0.2, 0.25) is 0 Å². The summed E-state index contributed by atoms with van der Waals surface area (Å²) < 4.78 is 17.3. The summed E-state index contributed by atoms with van der Waals surface area (Å²) in [6, 6.07) is 18.1. The van der Waals surface area contributed by atoms with Crippen molar-refractivity contribution in [1.29, 1.82) is 0 Å². The van der Waals surface area contributed by atoms with E-state index in [4.69, 9.17) is 25.4 Å². The van der Waals surface area contributed by atoms with E-state index in [1.807, 2.05) is 36.4 Å². The van der Waals surface area contributed by atoms with Crippen molar-refractivity contribution in [2.75, 3.05) is 0 Å². The largest absolute Gasteiger partial charge is 0.490 e. The first-order chi connectivity index (χ1) is 11.0. The SMILES string of the molecule is CC(=O)/C=C(/C)OP(=S)(Oc1ccccc1)Oc1ccccc1. The van der Waals surface area contributed by atoms with E-state index in [1.165, 1.54) is 13.0 Å². The third-order valence-corrected chi connectivity index (χ3v) is 4.63. The summed E-state index contributed by atoms with van der Waals surface area (Å²) >= 11 is 5.49. The highest BCUT2D eigenvalue weighted by molar-refractivity contribution is 8.08. The number of hydrogen-bond acceptors (Lipinski definition) is 5. The Morgan fingerprint density at radius 1 is 0.913 bits per heavy atom. The van der Waals surface area contributed by atoms with E-state index < -0.39 is 6.72 Å². The lowest BCUT2D eigenvalue weighted by Crippen LogP contribution is -2.04. The first kappa shape index (κ1) is 17.3. The monoisotopic (exact) mass is 348 g/mol. The van der Waals surface area contributed by atoms with Crippen molar-refractivity contribution in [3.63, 3.8) is 0 Å². The summed E-state index contributed by atoms with van der Waals surface area (Å²) in [5, 5.41) is 0. The Hall–Kier alpha value is -2.10. The first-order valence-corrected chi connectivity index (χ1v) is 9.50. The molecule has 2 rings (SSSR count). The molecule has 120 valence electrons. The minimum Gasteiger partial charge on any atom is -0.412 e. The second kappa shape index (κ2) is 7.95. The molecule has 0 aromatic heterocycles. The van der Waals surface area contributed by atoms with Crippen LogP contribution in [0.4, 0.5) is 0 Å². The van der Waals surface area contributed by atoms with Crippen LogP contribution in [0.25, 0.3) is 0 Å². The Kier molecular flexibility index (Phi) is 5.97. The maximum Gasteiger partial charge on any atom is 0.490 e. The molecular weight excluding hydrogens is 331 g/mol. The maximum atomic E-state index is 11.2. The van der Waals surface area contributed by atoms with E-state index in [-0.39, 0.29) is 5.78 Å². The van der Waals surface area contributed by atoms with Crippen LogP contribution in [0.2, 0.25) is 0 Å². The fraction of sp³-hybridized carbons (Fsp3) is 0.118. The first-order valence-electron chi connectivity index (χ1n) is 6.95. The van der Waals surface area contributed by atoms with Crippen LogP contribution in [0, 0.1) is 0 Å². The quantitative estimate of drug-likeness (QED) is 0.405. The zero-order valence-corrected chi connectivity index (χ0v) is 14.6. The van der Waals surface area contributed by atoms with Gasteiger partial charge in [-0.15, -0.1) is 0 Å². The van der Waals surface area contributed by atoms with E-state index in [0.29, 0.717) is 17.3 Å². The van der Waals surface area contributed by atoms with Gasteiger partial charge in [-0.05, 0) is 38.1 Å². The molecule has 0 saturated carbocycles. The lowest BCUT2D eigenvalue weighted by Gasteiger charge is -2.23. The van der Waals surface area contributed by atoms with Crippen LogP contribution in [-0.2, 0) is 21.1 Å². The van der Waals surface area contributed by atoms with Crippen LogP contribution in [-0.4, -0.2) is 5.78 Å². The predicted octanol–water partition coefficient (Wildman–Crippen LogP) is 4.88. The van der Waals surface area contributed by atoms with Crippen molar-refractivity contribution in [2.24, 2.45) is 0 Å². The molecule has 2 aromatic carbocycles. The summed E-state index contributed by atoms with van der Waals surface area (Å²) in [5.74, 6) is 1.31. The van der Waals surface area contributed by atoms with Crippen molar-refractivity contribution in [3.8, 4) is 11.5 Å². The Balaban J connectivity index is 2.26. The molecule has 0 radical (unpaired) electrons. The van der Waals surface area contributed by atoms with Gasteiger partial charge in [-0.25, -0.2) is 0 Å². The van der Waals surface area contributed by atoms with Gasteiger partial charge >= 0.3 is 6.72 Å². The number of carbonyl (C=O) groups is 1. The fourth-order valence-electron chi connectivity index (χ4n) is 1.77. The van der Waals surface area contributed by atoms with E-state index in [2.05, 4.69) is 0 Å². The Labute approximate surface area is 141 Å². The van der Waals surface area contributed by atoms with Gasteiger partial charge in [-0.2, -0.15) is 0 Å². The van der Waals surface area contributed by atoms with Gasteiger partial charge in [0, 0.05) is 17.9 Å². The van der Waals surface area contributed by atoms with Crippen molar-refractivity contribution < 1.29 is 18.4 Å². The molecule has 2 aromatic rings. The Morgan fingerprint density at radius 3 is 1.74 bits per heavy atom. The molecule has 0 amide bonds. The summed E-state index contributed by atoms with van der Waals surface area (Å²) in [6.07, 6.45) is 1.35. The van der Waals surface area contributed by atoms with Gasteiger partial charge < -0.3 is 13.6 Å². The molecule has 23 heavy (non-hydrogen) atoms. The number of hydrogen-bond donors (Lipinski definition) is 0. The van der Waals surface area contributed by atoms with Gasteiger partial charge in [0.05, 0.1) is 0 Å². The molecule has 6 heteroatoms. The number of benzene rings is 2. The Morgan fingerprint density at radius 2 is 1.35 bits per heavy atom. The molecule has 0 bridgehead atoms. The molecule has 0 N–H and O–H groups in total. The molecular formula is C17H17O4PS. The lowest BCUT2D eigenvalue weighted by atomic mass is 10.3. The van der Waals surface area contributed by atoms with Gasteiger partial charge in [0.25, 0.3) is 0 Å². The smallest absolute Gasteiger partial charge is 0.412 e. The van der Waals surface area contributed by atoms with Crippen LogP contribution in [0.1, 0.15) is 13.8 Å².